The molecule has 0 aromatic rings. The van der Waals surface area contributed by atoms with Crippen LogP contribution in [-0.2, 0) is 19.1 Å². The van der Waals surface area contributed by atoms with Crippen LogP contribution in [0.5, 0.6) is 0 Å². The second-order valence-electron chi connectivity index (χ2n) is 4.22. The Morgan fingerprint density at radius 2 is 2.22 bits per heavy atom. The highest BCUT2D eigenvalue weighted by Gasteiger charge is 2.24. The van der Waals surface area contributed by atoms with E-state index in [0.29, 0.717) is 30.5 Å². The summed E-state index contributed by atoms with van der Waals surface area (Å²) in [6.45, 7) is 4.75. The molecule has 0 radical (unpaired) electrons. The van der Waals surface area contributed by atoms with Gasteiger partial charge in [-0.2, -0.15) is 0 Å². The summed E-state index contributed by atoms with van der Waals surface area (Å²) in [5.41, 5.74) is 0. The van der Waals surface area contributed by atoms with Gasteiger partial charge in [0.25, 0.3) is 0 Å². The van der Waals surface area contributed by atoms with Gasteiger partial charge in [0.2, 0.25) is 18.3 Å². The molecule has 0 amide bonds. The van der Waals surface area contributed by atoms with E-state index in [-0.39, 0.29) is 12.6 Å². The molecule has 0 spiro atoms. The first-order chi connectivity index (χ1) is 8.65. The highest BCUT2D eigenvalue weighted by Crippen LogP contribution is 2.22. The largest absolute Gasteiger partial charge is 0.453 e. The molecule has 6 heteroatoms. The number of nitrogens with zero attached hydrogens (tertiary/aromatic N) is 1. The van der Waals surface area contributed by atoms with E-state index in [0.717, 1.165) is 6.42 Å². The standard InChI is InChI=1S/C7H6O3.C5H11NO2/c8-5-2-1-3-6-7(5)10-4-9-6;1-5(2)3-4-8-6-7/h1,3H,2,4H2;5H,3-4H2,1-2H3. The summed E-state index contributed by atoms with van der Waals surface area (Å²) in [4.78, 5) is 24.5. The van der Waals surface area contributed by atoms with Crippen LogP contribution in [0.2, 0.25) is 0 Å². The van der Waals surface area contributed by atoms with E-state index in [1.54, 1.807) is 12.2 Å². The first kappa shape index (κ1) is 14.2. The molecule has 1 aliphatic carbocycles. The van der Waals surface area contributed by atoms with Gasteiger partial charge in [-0.3, -0.25) is 4.79 Å². The summed E-state index contributed by atoms with van der Waals surface area (Å²) >= 11 is 0. The maximum atomic E-state index is 11.0. The maximum Gasteiger partial charge on any atom is 0.231 e. The Bertz CT molecular complexity index is 359. The van der Waals surface area contributed by atoms with Crippen molar-refractivity contribution in [2.24, 2.45) is 11.3 Å². The average molecular weight is 255 g/mol. The van der Waals surface area contributed by atoms with Crippen molar-refractivity contribution in [1.82, 2.24) is 0 Å². The fourth-order valence-corrected chi connectivity index (χ4v) is 1.32. The van der Waals surface area contributed by atoms with Crippen LogP contribution < -0.4 is 0 Å². The maximum absolute atomic E-state index is 11.0. The van der Waals surface area contributed by atoms with Gasteiger partial charge in [0.1, 0.15) is 6.61 Å². The molecular weight excluding hydrogens is 238 g/mol. The molecule has 0 fully saturated rings. The first-order valence-electron chi connectivity index (χ1n) is 5.79. The Balaban J connectivity index is 0.000000187. The molecule has 0 saturated carbocycles. The number of hydrogen-bond acceptors (Lipinski definition) is 6. The highest BCUT2D eigenvalue weighted by molar-refractivity contribution is 5.96. The molecule has 0 N–H and O–H groups in total. The van der Waals surface area contributed by atoms with Crippen LogP contribution in [-0.4, -0.2) is 19.2 Å². The normalized spacial score (nSPS) is 16.5. The second kappa shape index (κ2) is 7.47. The lowest BCUT2D eigenvalue weighted by Gasteiger charge is -2.01. The van der Waals surface area contributed by atoms with Crippen molar-refractivity contribution in [3.63, 3.8) is 0 Å². The summed E-state index contributed by atoms with van der Waals surface area (Å²) in [5, 5.41) is 2.26. The highest BCUT2D eigenvalue weighted by atomic mass is 16.7. The van der Waals surface area contributed by atoms with Crippen LogP contribution >= 0.6 is 0 Å². The molecule has 0 unspecified atom stereocenters. The summed E-state index contributed by atoms with van der Waals surface area (Å²) in [7, 11) is 0. The molecule has 1 heterocycles. The lowest BCUT2D eigenvalue weighted by Crippen LogP contribution is -2.05. The van der Waals surface area contributed by atoms with Crippen molar-refractivity contribution in [3.05, 3.63) is 28.6 Å². The van der Waals surface area contributed by atoms with Crippen LogP contribution in [0.4, 0.5) is 0 Å². The minimum atomic E-state index is 0.00926. The molecule has 18 heavy (non-hydrogen) atoms. The van der Waals surface area contributed by atoms with E-state index in [2.05, 4.69) is 24.0 Å². The third-order valence-electron chi connectivity index (χ3n) is 2.31. The minimum absolute atomic E-state index is 0.00926. The van der Waals surface area contributed by atoms with E-state index in [1.807, 2.05) is 0 Å². The van der Waals surface area contributed by atoms with Gasteiger partial charge in [-0.1, -0.05) is 19.9 Å². The van der Waals surface area contributed by atoms with Gasteiger partial charge < -0.3 is 14.3 Å². The van der Waals surface area contributed by atoms with E-state index >= 15 is 0 Å². The Kier molecular flexibility index (Phi) is 5.90. The van der Waals surface area contributed by atoms with Crippen molar-refractivity contribution < 1.29 is 19.1 Å². The molecule has 2 aliphatic rings. The van der Waals surface area contributed by atoms with Crippen molar-refractivity contribution in [3.8, 4) is 0 Å². The third-order valence-corrected chi connectivity index (χ3v) is 2.31. The lowest BCUT2D eigenvalue weighted by atomic mass is 10.1. The molecular formula is C12H17NO5. The monoisotopic (exact) mass is 255 g/mol. The molecule has 6 nitrogen and oxygen atoms in total. The number of ether oxygens (including phenoxy) is 2. The molecule has 0 aromatic carbocycles. The fourth-order valence-electron chi connectivity index (χ4n) is 1.32. The van der Waals surface area contributed by atoms with Crippen molar-refractivity contribution in [2.45, 2.75) is 26.7 Å². The van der Waals surface area contributed by atoms with Crippen LogP contribution in [0.1, 0.15) is 26.7 Å². The summed E-state index contributed by atoms with van der Waals surface area (Å²) in [5.74, 6) is 1.56. The van der Waals surface area contributed by atoms with Gasteiger partial charge >= 0.3 is 0 Å². The van der Waals surface area contributed by atoms with Crippen molar-refractivity contribution >= 4 is 5.78 Å². The van der Waals surface area contributed by atoms with E-state index < -0.39 is 0 Å². The van der Waals surface area contributed by atoms with Gasteiger partial charge in [0.15, 0.2) is 11.1 Å². The molecule has 0 atom stereocenters. The SMILES string of the molecule is CC(C)CCON=O.O=C1CC=CC2=C1OCO2. The van der Waals surface area contributed by atoms with Gasteiger partial charge in [-0.15, -0.1) is 4.91 Å². The molecule has 0 bridgehead atoms. The van der Waals surface area contributed by atoms with E-state index in [4.69, 9.17) is 9.47 Å². The molecule has 1 aliphatic heterocycles. The molecule has 2 rings (SSSR count). The predicted octanol–water partition coefficient (Wildman–Crippen LogP) is 2.46. The quantitative estimate of drug-likeness (QED) is 0.438. The van der Waals surface area contributed by atoms with Crippen molar-refractivity contribution in [1.29, 1.82) is 0 Å². The number of hydrogen-bond donors (Lipinski definition) is 0. The summed E-state index contributed by atoms with van der Waals surface area (Å²) in [6, 6.07) is 0. The minimum Gasteiger partial charge on any atom is -0.453 e. The van der Waals surface area contributed by atoms with Crippen LogP contribution in [0.25, 0.3) is 0 Å². The fraction of sp³-hybridized carbons (Fsp3) is 0.583. The Hall–Kier alpha value is -1.85. The number of carbonyl (C=O) groups is 1. The van der Waals surface area contributed by atoms with Crippen LogP contribution in [0, 0.1) is 10.8 Å². The number of allylic oxidation sites excluding steroid dienone is 3. The molecule has 100 valence electrons. The zero-order valence-corrected chi connectivity index (χ0v) is 10.5. The van der Waals surface area contributed by atoms with Crippen molar-refractivity contribution in [2.75, 3.05) is 13.4 Å². The molecule has 0 aromatic heterocycles. The van der Waals surface area contributed by atoms with Gasteiger partial charge in [0.05, 0.1) is 0 Å². The molecule has 0 saturated heterocycles. The van der Waals surface area contributed by atoms with Gasteiger partial charge in [0, 0.05) is 6.42 Å². The lowest BCUT2D eigenvalue weighted by molar-refractivity contribution is -0.118. The second-order valence-corrected chi connectivity index (χ2v) is 4.22. The number of ketones is 1. The zero-order chi connectivity index (χ0) is 13.4. The van der Waals surface area contributed by atoms with Gasteiger partial charge in [-0.05, 0) is 18.4 Å². The number of carbonyl (C=O) groups excluding carboxylic acids is 1. The summed E-state index contributed by atoms with van der Waals surface area (Å²) in [6.07, 6.45) is 4.87. The Morgan fingerprint density at radius 3 is 2.83 bits per heavy atom. The Labute approximate surface area is 106 Å². The zero-order valence-electron chi connectivity index (χ0n) is 10.5. The number of rotatable bonds is 4. The van der Waals surface area contributed by atoms with E-state index in [9.17, 15) is 9.70 Å². The summed E-state index contributed by atoms with van der Waals surface area (Å²) < 4.78 is 9.90. The predicted molar refractivity (Wildman–Crippen MR) is 64.0 cm³/mol. The Morgan fingerprint density at radius 1 is 1.44 bits per heavy atom. The van der Waals surface area contributed by atoms with E-state index in [1.165, 1.54) is 0 Å². The topological polar surface area (TPSA) is 74.2 Å². The first-order valence-corrected chi connectivity index (χ1v) is 5.79. The average Bonchev–Trinajstić information content (AvgIpc) is 2.79. The smallest absolute Gasteiger partial charge is 0.231 e. The van der Waals surface area contributed by atoms with Crippen LogP contribution in [0.3, 0.4) is 0 Å². The van der Waals surface area contributed by atoms with Crippen LogP contribution in [0.15, 0.2) is 29.0 Å². The third kappa shape index (κ3) is 4.57. The number of Topliss-reactive ketones (excluding diaryl/α,β-unsaturated/α-hetero) is 1. The van der Waals surface area contributed by atoms with Gasteiger partial charge in [-0.25, -0.2) is 0 Å².